The lowest BCUT2D eigenvalue weighted by molar-refractivity contribution is -0.153. The lowest BCUT2D eigenvalue weighted by Gasteiger charge is -2.27. The van der Waals surface area contributed by atoms with E-state index in [9.17, 15) is 28.8 Å². The SMILES string of the molecule is CCCCOC(=O)C(C)(C)n1c(=O)c2c(C)c(C(=O)OCC)sc2n(C[C@H](OCC(C)C#N)c2cc(F)ccc2OC)c1=O. The van der Waals surface area contributed by atoms with Crippen molar-refractivity contribution in [3.63, 3.8) is 0 Å². The summed E-state index contributed by atoms with van der Waals surface area (Å²) in [5, 5.41) is 9.40. The van der Waals surface area contributed by atoms with Gasteiger partial charge in [0.25, 0.3) is 5.56 Å². The monoisotopic (exact) mass is 631 g/mol. The highest BCUT2D eigenvalue weighted by molar-refractivity contribution is 7.20. The molecule has 44 heavy (non-hydrogen) atoms. The molecule has 238 valence electrons. The van der Waals surface area contributed by atoms with E-state index >= 15 is 0 Å². The molecule has 3 aromatic rings. The zero-order chi connectivity index (χ0) is 32.8. The van der Waals surface area contributed by atoms with Gasteiger partial charge in [-0.15, -0.1) is 11.3 Å². The maximum absolute atomic E-state index is 14.5. The Bertz CT molecular complexity index is 1680. The van der Waals surface area contributed by atoms with E-state index in [0.717, 1.165) is 22.3 Å². The van der Waals surface area contributed by atoms with Gasteiger partial charge in [0.1, 0.15) is 32.9 Å². The first-order valence-corrected chi connectivity index (χ1v) is 15.1. The van der Waals surface area contributed by atoms with Gasteiger partial charge >= 0.3 is 17.6 Å². The van der Waals surface area contributed by atoms with Crippen LogP contribution in [0.4, 0.5) is 4.39 Å². The Kier molecular flexibility index (Phi) is 11.5. The number of hydrogen-bond acceptors (Lipinski definition) is 10. The molecule has 0 saturated heterocycles. The molecule has 2 atom stereocenters. The van der Waals surface area contributed by atoms with Crippen molar-refractivity contribution in [3.8, 4) is 11.8 Å². The van der Waals surface area contributed by atoms with Gasteiger partial charge in [0, 0.05) is 5.56 Å². The van der Waals surface area contributed by atoms with Gasteiger partial charge in [-0.1, -0.05) is 13.3 Å². The number of aromatic nitrogens is 2. The first kappa shape index (κ1) is 34.5. The van der Waals surface area contributed by atoms with Crippen LogP contribution in [0.1, 0.15) is 74.4 Å². The molecule has 1 unspecified atom stereocenters. The summed E-state index contributed by atoms with van der Waals surface area (Å²) >= 11 is 0.896. The Morgan fingerprint density at radius 1 is 1.18 bits per heavy atom. The van der Waals surface area contributed by atoms with Gasteiger partial charge in [0.2, 0.25) is 0 Å². The van der Waals surface area contributed by atoms with E-state index in [1.807, 2.05) is 6.92 Å². The van der Waals surface area contributed by atoms with Crippen LogP contribution in [0.5, 0.6) is 5.75 Å². The highest BCUT2D eigenvalue weighted by atomic mass is 32.1. The number of hydrogen-bond donors (Lipinski definition) is 0. The number of thiophene rings is 1. The Morgan fingerprint density at radius 2 is 1.89 bits per heavy atom. The molecule has 11 nitrogen and oxygen atoms in total. The summed E-state index contributed by atoms with van der Waals surface area (Å²) in [4.78, 5) is 54.6. The Hall–Kier alpha value is -4.02. The second-order valence-corrected chi connectivity index (χ2v) is 11.8. The van der Waals surface area contributed by atoms with Gasteiger partial charge in [0.05, 0.1) is 50.8 Å². The molecule has 0 radical (unpaired) electrons. The third-order valence-corrected chi connectivity index (χ3v) is 8.41. The third kappa shape index (κ3) is 7.03. The molecule has 0 fully saturated rings. The smallest absolute Gasteiger partial charge is 0.348 e. The summed E-state index contributed by atoms with van der Waals surface area (Å²) in [5.41, 5.74) is -2.84. The summed E-state index contributed by atoms with van der Waals surface area (Å²) in [6.07, 6.45) is 0.325. The molecular weight excluding hydrogens is 593 g/mol. The number of nitriles is 1. The molecule has 0 amide bonds. The maximum atomic E-state index is 14.5. The largest absolute Gasteiger partial charge is 0.496 e. The number of carbonyl (C=O) groups excluding carboxylic acids is 2. The fraction of sp³-hybridized carbons (Fsp3) is 0.516. The predicted molar refractivity (Wildman–Crippen MR) is 163 cm³/mol. The topological polar surface area (TPSA) is 139 Å². The van der Waals surface area contributed by atoms with Crippen LogP contribution in [0.3, 0.4) is 0 Å². The fourth-order valence-corrected chi connectivity index (χ4v) is 5.83. The number of rotatable bonds is 14. The Balaban J connectivity index is 2.36. The summed E-state index contributed by atoms with van der Waals surface area (Å²) < 4.78 is 38.7. The van der Waals surface area contributed by atoms with Crippen molar-refractivity contribution < 1.29 is 32.9 Å². The Morgan fingerprint density at radius 3 is 2.50 bits per heavy atom. The van der Waals surface area contributed by atoms with E-state index in [0.29, 0.717) is 6.42 Å². The van der Waals surface area contributed by atoms with Gasteiger partial charge in [0.15, 0.2) is 0 Å². The van der Waals surface area contributed by atoms with Crippen LogP contribution in [0.25, 0.3) is 10.2 Å². The molecule has 0 saturated carbocycles. The highest BCUT2D eigenvalue weighted by Gasteiger charge is 2.37. The lowest BCUT2D eigenvalue weighted by Crippen LogP contribution is -2.53. The van der Waals surface area contributed by atoms with E-state index in [2.05, 4.69) is 6.07 Å². The van der Waals surface area contributed by atoms with Crippen LogP contribution in [0.2, 0.25) is 0 Å². The maximum Gasteiger partial charge on any atom is 0.348 e. The lowest BCUT2D eigenvalue weighted by atomic mass is 10.0. The molecule has 13 heteroatoms. The van der Waals surface area contributed by atoms with Crippen molar-refractivity contribution in [1.82, 2.24) is 9.13 Å². The standard InChI is InChI=1S/C31H38FN3O8S/c1-8-10-13-42-29(38)31(5,6)35-26(36)24-19(4)25(28(37)41-9-2)44-27(24)34(30(35)39)16-23(43-17-18(3)15-33)21-14-20(32)11-12-22(21)40-7/h11-12,14,18,23H,8-10,13,16-17H2,1-7H3/t18?,23-/m0/s1. The van der Waals surface area contributed by atoms with Gasteiger partial charge in [-0.25, -0.2) is 23.3 Å². The van der Waals surface area contributed by atoms with Crippen LogP contribution in [0.15, 0.2) is 27.8 Å². The summed E-state index contributed by atoms with van der Waals surface area (Å²) in [5.74, 6) is -2.31. The highest BCUT2D eigenvalue weighted by Crippen LogP contribution is 2.34. The van der Waals surface area contributed by atoms with Crippen molar-refractivity contribution in [2.45, 2.75) is 72.6 Å². The summed E-state index contributed by atoms with van der Waals surface area (Å²) in [6, 6.07) is 5.91. The van der Waals surface area contributed by atoms with Crippen LogP contribution in [0, 0.1) is 30.0 Å². The number of benzene rings is 1. The fourth-order valence-electron chi connectivity index (χ4n) is 4.63. The van der Waals surface area contributed by atoms with E-state index in [1.165, 1.54) is 43.7 Å². The Labute approximate surface area is 258 Å². The molecule has 0 bridgehead atoms. The molecule has 2 aromatic heterocycles. The predicted octanol–water partition coefficient (Wildman–Crippen LogP) is 4.85. The zero-order valence-corrected chi connectivity index (χ0v) is 26.8. The number of carbonyl (C=O) groups is 2. The number of esters is 2. The minimum atomic E-state index is -1.74. The van der Waals surface area contributed by atoms with Crippen LogP contribution in [-0.4, -0.2) is 48.0 Å². The van der Waals surface area contributed by atoms with Gasteiger partial charge in [-0.3, -0.25) is 9.36 Å². The second-order valence-electron chi connectivity index (χ2n) is 10.8. The summed E-state index contributed by atoms with van der Waals surface area (Å²) in [7, 11) is 1.40. The van der Waals surface area contributed by atoms with E-state index in [1.54, 1.807) is 20.8 Å². The molecule has 3 rings (SSSR count). The van der Waals surface area contributed by atoms with Crippen LogP contribution in [-0.2, 0) is 31.1 Å². The van der Waals surface area contributed by atoms with Crippen molar-refractivity contribution in [1.29, 1.82) is 5.26 Å². The van der Waals surface area contributed by atoms with Crippen molar-refractivity contribution in [3.05, 3.63) is 60.9 Å². The molecular formula is C31H38FN3O8S. The minimum absolute atomic E-state index is 0.0439. The van der Waals surface area contributed by atoms with Crippen molar-refractivity contribution in [2.24, 2.45) is 5.92 Å². The zero-order valence-electron chi connectivity index (χ0n) is 26.0. The van der Waals surface area contributed by atoms with E-state index in [4.69, 9.17) is 18.9 Å². The molecule has 0 aliphatic rings. The van der Waals surface area contributed by atoms with Gasteiger partial charge in [-0.05, 0) is 64.8 Å². The molecule has 0 aliphatic carbocycles. The second kappa shape index (κ2) is 14.6. The quantitative estimate of drug-likeness (QED) is 0.180. The number of nitrogens with zero attached hydrogens (tertiary/aromatic N) is 3. The first-order chi connectivity index (χ1) is 20.8. The van der Waals surface area contributed by atoms with Crippen molar-refractivity contribution >= 4 is 33.5 Å². The number of ether oxygens (including phenoxy) is 4. The number of methoxy groups -OCH3 is 1. The number of fused-ring (bicyclic) bond motifs is 1. The molecule has 0 N–H and O–H groups in total. The average molecular weight is 632 g/mol. The van der Waals surface area contributed by atoms with Crippen LogP contribution < -0.4 is 16.0 Å². The number of aryl methyl sites for hydroxylation is 1. The number of unbranched alkanes of at least 4 members (excludes halogenated alkanes) is 1. The molecule has 2 heterocycles. The minimum Gasteiger partial charge on any atom is -0.496 e. The molecule has 0 aliphatic heterocycles. The van der Waals surface area contributed by atoms with E-state index < -0.39 is 46.6 Å². The molecule has 0 spiro atoms. The van der Waals surface area contributed by atoms with Crippen LogP contribution >= 0.6 is 11.3 Å². The number of halogens is 1. The normalized spacial score (nSPS) is 12.9. The van der Waals surface area contributed by atoms with Crippen molar-refractivity contribution in [2.75, 3.05) is 26.9 Å². The van der Waals surface area contributed by atoms with Gasteiger partial charge in [-0.2, -0.15) is 5.26 Å². The first-order valence-electron chi connectivity index (χ1n) is 14.3. The summed E-state index contributed by atoms with van der Waals surface area (Å²) in [6.45, 7) is 9.46. The average Bonchev–Trinajstić information content (AvgIpc) is 3.33. The molecule has 1 aromatic carbocycles. The van der Waals surface area contributed by atoms with Gasteiger partial charge < -0.3 is 18.9 Å². The third-order valence-electron chi connectivity index (χ3n) is 7.12. The van der Waals surface area contributed by atoms with E-state index in [-0.39, 0.29) is 58.3 Å².